The highest BCUT2D eigenvalue weighted by Crippen LogP contribution is 2.36. The van der Waals surface area contributed by atoms with E-state index in [0.717, 1.165) is 28.8 Å². The van der Waals surface area contributed by atoms with Crippen LogP contribution in [-0.4, -0.2) is 28.4 Å². The average molecular weight is 581 g/mol. The molecule has 42 heavy (non-hydrogen) atoms. The summed E-state index contributed by atoms with van der Waals surface area (Å²) in [6, 6.07) is 28.0. The molecule has 0 aliphatic rings. The zero-order valence-electron chi connectivity index (χ0n) is 24.9. The van der Waals surface area contributed by atoms with E-state index >= 15 is 0 Å². The van der Waals surface area contributed by atoms with Crippen LogP contribution in [0.15, 0.2) is 122 Å². The molecule has 0 aromatic heterocycles. The number of benzene rings is 4. The van der Waals surface area contributed by atoms with Crippen molar-refractivity contribution in [1.82, 2.24) is 5.32 Å². The molecule has 4 aromatic carbocycles. The van der Waals surface area contributed by atoms with E-state index in [4.69, 9.17) is 11.6 Å². The third-order valence-corrected chi connectivity index (χ3v) is 7.48. The number of halogens is 1. The van der Waals surface area contributed by atoms with Crippen molar-refractivity contribution in [2.45, 2.75) is 51.8 Å². The Morgan fingerprint density at radius 1 is 1.00 bits per heavy atom. The fourth-order valence-corrected chi connectivity index (χ4v) is 5.64. The van der Waals surface area contributed by atoms with E-state index in [-0.39, 0.29) is 17.3 Å². The van der Waals surface area contributed by atoms with Crippen LogP contribution < -0.4 is 10.2 Å². The Bertz CT molecular complexity index is 1570. The summed E-state index contributed by atoms with van der Waals surface area (Å²) in [5.41, 5.74) is 4.83. The van der Waals surface area contributed by atoms with E-state index in [9.17, 15) is 10.2 Å². The Morgan fingerprint density at radius 2 is 1.71 bits per heavy atom. The van der Waals surface area contributed by atoms with Crippen LogP contribution >= 0.6 is 11.6 Å². The first kappa shape index (κ1) is 31.1. The normalized spacial score (nSPS) is 13.8. The number of hydrogen-bond acceptors (Lipinski definition) is 4. The summed E-state index contributed by atoms with van der Waals surface area (Å²) in [6.45, 7) is 12.8. The van der Waals surface area contributed by atoms with Gasteiger partial charge in [-0.3, -0.25) is 0 Å². The molecule has 0 spiro atoms. The van der Waals surface area contributed by atoms with Crippen LogP contribution in [0, 0.1) is 0 Å². The fourth-order valence-electron chi connectivity index (χ4n) is 5.46. The third kappa shape index (κ3) is 8.13. The second-order valence-corrected chi connectivity index (χ2v) is 11.8. The number of rotatable bonds is 12. The minimum absolute atomic E-state index is 0.214. The van der Waals surface area contributed by atoms with E-state index in [0.29, 0.717) is 11.6 Å². The number of phenols is 1. The molecule has 0 fully saturated rings. The average Bonchev–Trinajstić information content (AvgIpc) is 2.95. The Hall–Kier alpha value is -3.83. The van der Waals surface area contributed by atoms with Crippen molar-refractivity contribution in [3.05, 3.63) is 143 Å². The smallest absolute Gasteiger partial charge is 0.115 e. The lowest BCUT2D eigenvalue weighted by molar-refractivity contribution is 0.243. The lowest BCUT2D eigenvalue weighted by Crippen LogP contribution is -2.44. The van der Waals surface area contributed by atoms with Crippen molar-refractivity contribution in [3.8, 4) is 5.75 Å². The van der Waals surface area contributed by atoms with E-state index in [1.165, 1.54) is 16.3 Å². The van der Waals surface area contributed by atoms with E-state index in [1.54, 1.807) is 25.3 Å². The molecule has 4 rings (SSSR count). The van der Waals surface area contributed by atoms with Crippen LogP contribution in [0.4, 0.5) is 5.69 Å². The Morgan fingerprint density at radius 3 is 2.38 bits per heavy atom. The highest BCUT2D eigenvalue weighted by atomic mass is 35.5. The third-order valence-electron chi connectivity index (χ3n) is 7.24. The maximum Gasteiger partial charge on any atom is 0.115 e. The topological polar surface area (TPSA) is 55.7 Å². The van der Waals surface area contributed by atoms with Crippen molar-refractivity contribution in [2.75, 3.05) is 11.4 Å². The summed E-state index contributed by atoms with van der Waals surface area (Å²) in [6.07, 6.45) is 7.84. The van der Waals surface area contributed by atoms with Crippen molar-refractivity contribution < 1.29 is 10.2 Å². The Balaban J connectivity index is 1.76. The molecular weight excluding hydrogens is 540 g/mol. The number of aliphatic hydroxyl groups is 1. The van der Waals surface area contributed by atoms with E-state index in [1.807, 2.05) is 55.5 Å². The van der Waals surface area contributed by atoms with Gasteiger partial charge < -0.3 is 20.4 Å². The second kappa shape index (κ2) is 13.9. The van der Waals surface area contributed by atoms with E-state index in [2.05, 4.69) is 73.1 Å². The van der Waals surface area contributed by atoms with Crippen LogP contribution in [0.2, 0.25) is 5.02 Å². The lowest BCUT2D eigenvalue weighted by Gasteiger charge is -2.35. The quantitative estimate of drug-likeness (QED) is 0.147. The van der Waals surface area contributed by atoms with Gasteiger partial charge in [0.2, 0.25) is 0 Å². The second-order valence-electron chi connectivity index (χ2n) is 11.4. The minimum Gasteiger partial charge on any atom is -0.508 e. The fraction of sp³-hybridized carbons (Fsp3) is 0.243. The molecule has 218 valence electrons. The van der Waals surface area contributed by atoms with Gasteiger partial charge >= 0.3 is 0 Å². The summed E-state index contributed by atoms with van der Waals surface area (Å²) in [5.74, 6) is 0.214. The monoisotopic (exact) mass is 580 g/mol. The minimum atomic E-state index is -0.574. The highest BCUT2D eigenvalue weighted by Gasteiger charge is 2.28. The standard InChI is InChI=1S/C37H41ClN2O2/c1-6-10-28(21-26(3)41)25-40(7-2)35-20-17-32(38)23-34(35)36(30-15-18-33(42)19-16-30)39-37(4,5)24-27-13-14-29-11-8-9-12-31(29)22-27/h6-23,26,36,39,41-42H,2,24-25H2,1,3-5H3/b10-6-,28-21+. The van der Waals surface area contributed by atoms with Crippen molar-refractivity contribution in [1.29, 1.82) is 0 Å². The molecule has 4 nitrogen and oxygen atoms in total. The zero-order valence-corrected chi connectivity index (χ0v) is 25.6. The first-order valence-electron chi connectivity index (χ1n) is 14.3. The summed E-state index contributed by atoms with van der Waals surface area (Å²) in [4.78, 5) is 2.07. The zero-order chi connectivity index (χ0) is 30.3. The summed E-state index contributed by atoms with van der Waals surface area (Å²) in [7, 11) is 0. The Kier molecular flexibility index (Phi) is 10.3. The maximum absolute atomic E-state index is 10.1. The highest BCUT2D eigenvalue weighted by molar-refractivity contribution is 6.30. The number of hydrogen-bond donors (Lipinski definition) is 3. The van der Waals surface area contributed by atoms with Crippen LogP contribution in [0.5, 0.6) is 5.75 Å². The molecule has 0 radical (unpaired) electrons. The van der Waals surface area contributed by atoms with Crippen LogP contribution in [0.25, 0.3) is 10.8 Å². The predicted octanol–water partition coefficient (Wildman–Crippen LogP) is 8.73. The molecular formula is C37H41ClN2O2. The number of allylic oxidation sites excluding steroid dienone is 1. The number of nitrogens with one attached hydrogen (secondary N) is 1. The van der Waals surface area contributed by atoms with Crippen molar-refractivity contribution in [2.24, 2.45) is 0 Å². The molecule has 2 atom stereocenters. The summed E-state index contributed by atoms with van der Waals surface area (Å²) < 4.78 is 0. The number of anilines is 1. The van der Waals surface area contributed by atoms with Gasteiger partial charge in [-0.05, 0) is 104 Å². The first-order chi connectivity index (χ1) is 20.1. The SMILES string of the molecule is C=CN(CC(/C=C\C)=C/C(C)O)c1ccc(Cl)cc1C(NC(C)(C)Cc1ccc2ccccc2c1)c1ccc(O)cc1. The van der Waals surface area contributed by atoms with Gasteiger partial charge in [-0.1, -0.05) is 91.0 Å². The number of nitrogens with zero attached hydrogens (tertiary/aromatic N) is 1. The van der Waals surface area contributed by atoms with Crippen LogP contribution in [0.3, 0.4) is 0 Å². The number of aliphatic hydroxyl groups excluding tert-OH is 1. The maximum atomic E-state index is 10.1. The lowest BCUT2D eigenvalue weighted by atomic mass is 9.89. The largest absolute Gasteiger partial charge is 0.508 e. The summed E-state index contributed by atoms with van der Waals surface area (Å²) >= 11 is 6.63. The number of phenolic OH excluding ortho intramolecular Hbond substituents is 1. The molecule has 0 bridgehead atoms. The van der Waals surface area contributed by atoms with Gasteiger partial charge in [0.15, 0.2) is 0 Å². The van der Waals surface area contributed by atoms with Gasteiger partial charge in [0.25, 0.3) is 0 Å². The molecule has 0 aliphatic carbocycles. The molecule has 0 saturated carbocycles. The first-order valence-corrected chi connectivity index (χ1v) is 14.7. The molecule has 0 amide bonds. The molecule has 3 N–H and O–H groups in total. The molecule has 5 heteroatoms. The number of fused-ring (bicyclic) bond motifs is 1. The Labute approximate surface area is 255 Å². The van der Waals surface area contributed by atoms with E-state index < -0.39 is 6.10 Å². The van der Waals surface area contributed by atoms with Crippen molar-refractivity contribution in [3.63, 3.8) is 0 Å². The van der Waals surface area contributed by atoms with Crippen molar-refractivity contribution >= 4 is 28.1 Å². The molecule has 2 unspecified atom stereocenters. The summed E-state index contributed by atoms with van der Waals surface area (Å²) in [5, 5.41) is 27.1. The van der Waals surface area contributed by atoms with Gasteiger partial charge in [-0.2, -0.15) is 0 Å². The number of aromatic hydroxyl groups is 1. The van der Waals surface area contributed by atoms with Gasteiger partial charge in [0, 0.05) is 22.8 Å². The molecule has 0 heterocycles. The van der Waals surface area contributed by atoms with Gasteiger partial charge in [0.1, 0.15) is 5.75 Å². The van der Waals surface area contributed by atoms with Gasteiger partial charge in [-0.15, -0.1) is 0 Å². The predicted molar refractivity (Wildman–Crippen MR) is 178 cm³/mol. The molecule has 4 aromatic rings. The van der Waals surface area contributed by atoms with Gasteiger partial charge in [-0.25, -0.2) is 0 Å². The van der Waals surface area contributed by atoms with Gasteiger partial charge in [0.05, 0.1) is 12.1 Å². The van der Waals surface area contributed by atoms with Crippen LogP contribution in [-0.2, 0) is 6.42 Å². The van der Waals surface area contributed by atoms with Crippen LogP contribution in [0.1, 0.15) is 50.4 Å². The molecule has 0 aliphatic heterocycles. The molecule has 0 saturated heterocycles.